The van der Waals surface area contributed by atoms with Crippen LogP contribution in [0.15, 0.2) is 24.5 Å². The van der Waals surface area contributed by atoms with Crippen LogP contribution < -0.4 is 19.9 Å². The monoisotopic (exact) mass is 245 g/mol. The van der Waals surface area contributed by atoms with Crippen LogP contribution in [0.4, 0.5) is 5.95 Å². The van der Waals surface area contributed by atoms with Crippen LogP contribution in [0, 0.1) is 0 Å². The van der Waals surface area contributed by atoms with Gasteiger partial charge in [-0.15, -0.1) is 0 Å². The van der Waals surface area contributed by atoms with Gasteiger partial charge in [0.25, 0.3) is 0 Å². The average molecular weight is 245 g/mol. The minimum absolute atomic E-state index is 0.222. The molecule has 92 valence electrons. The topological polar surface area (TPSA) is 79.5 Å². The van der Waals surface area contributed by atoms with Crippen LogP contribution in [0.5, 0.6) is 17.2 Å². The zero-order chi connectivity index (χ0) is 12.5. The van der Waals surface area contributed by atoms with Crippen LogP contribution in [-0.4, -0.2) is 23.9 Å². The lowest BCUT2D eigenvalue weighted by molar-refractivity contribution is 0.174. The van der Waals surface area contributed by atoms with Crippen molar-refractivity contribution in [2.24, 2.45) is 0 Å². The second-order valence-electron chi connectivity index (χ2n) is 3.74. The van der Waals surface area contributed by atoms with Gasteiger partial charge in [0.2, 0.25) is 12.7 Å². The molecule has 1 aromatic carbocycles. The Morgan fingerprint density at radius 1 is 1.17 bits per heavy atom. The maximum Gasteiger partial charge on any atom is 0.231 e. The van der Waals surface area contributed by atoms with E-state index in [0.717, 1.165) is 11.1 Å². The number of hydrogen-bond donors (Lipinski definition) is 1. The summed E-state index contributed by atoms with van der Waals surface area (Å²) in [4.78, 5) is 7.93. The molecular formula is C12H11N3O3. The number of nitrogens with two attached hydrogens (primary N) is 1. The van der Waals surface area contributed by atoms with E-state index < -0.39 is 0 Å². The van der Waals surface area contributed by atoms with Crippen LogP contribution >= 0.6 is 0 Å². The van der Waals surface area contributed by atoms with Gasteiger partial charge in [0, 0.05) is 29.6 Å². The summed E-state index contributed by atoms with van der Waals surface area (Å²) in [6.45, 7) is 0.222. The van der Waals surface area contributed by atoms with Crippen molar-refractivity contribution in [1.29, 1.82) is 0 Å². The number of nitrogens with zero attached hydrogens (tertiary/aromatic N) is 2. The Kier molecular flexibility index (Phi) is 2.40. The summed E-state index contributed by atoms with van der Waals surface area (Å²) in [7, 11) is 1.60. The third-order valence-electron chi connectivity index (χ3n) is 2.68. The number of ether oxygens (including phenoxy) is 3. The number of nitrogen functional groups attached to an aromatic ring is 1. The van der Waals surface area contributed by atoms with E-state index in [1.165, 1.54) is 0 Å². The summed E-state index contributed by atoms with van der Waals surface area (Å²) < 4.78 is 16.0. The predicted octanol–water partition coefficient (Wildman–Crippen LogP) is 1.46. The number of hydrogen-bond acceptors (Lipinski definition) is 6. The third kappa shape index (κ3) is 1.67. The number of anilines is 1. The first-order chi connectivity index (χ1) is 8.78. The maximum atomic E-state index is 5.47. The summed E-state index contributed by atoms with van der Waals surface area (Å²) in [5.41, 5.74) is 7.11. The third-order valence-corrected chi connectivity index (χ3v) is 2.68. The molecule has 0 radical (unpaired) electrons. The second kappa shape index (κ2) is 4.06. The van der Waals surface area contributed by atoms with Crippen LogP contribution in [-0.2, 0) is 0 Å². The zero-order valence-electron chi connectivity index (χ0n) is 9.71. The highest BCUT2D eigenvalue weighted by Crippen LogP contribution is 2.42. The molecule has 0 aliphatic carbocycles. The van der Waals surface area contributed by atoms with Gasteiger partial charge in [0.1, 0.15) is 5.75 Å². The van der Waals surface area contributed by atoms with Gasteiger partial charge in [-0.3, -0.25) is 0 Å². The smallest absolute Gasteiger partial charge is 0.231 e. The molecular weight excluding hydrogens is 234 g/mol. The summed E-state index contributed by atoms with van der Waals surface area (Å²) in [6, 6.07) is 3.63. The SMILES string of the molecule is COc1cc2c(cc1-c1cnc(N)nc1)OCO2. The lowest BCUT2D eigenvalue weighted by Gasteiger charge is -2.09. The fraction of sp³-hybridized carbons (Fsp3) is 0.167. The number of rotatable bonds is 2. The van der Waals surface area contributed by atoms with E-state index in [0.29, 0.717) is 17.2 Å². The molecule has 1 aliphatic heterocycles. The molecule has 0 unspecified atom stereocenters. The van der Waals surface area contributed by atoms with Crippen molar-refractivity contribution in [3.8, 4) is 28.4 Å². The van der Waals surface area contributed by atoms with E-state index in [1.54, 1.807) is 25.6 Å². The molecule has 0 atom stereocenters. The molecule has 1 aliphatic rings. The van der Waals surface area contributed by atoms with E-state index in [-0.39, 0.29) is 12.7 Å². The van der Waals surface area contributed by atoms with Crippen LogP contribution in [0.2, 0.25) is 0 Å². The molecule has 6 heteroatoms. The van der Waals surface area contributed by atoms with E-state index in [4.69, 9.17) is 19.9 Å². The first-order valence-electron chi connectivity index (χ1n) is 5.33. The largest absolute Gasteiger partial charge is 0.496 e. The molecule has 0 saturated carbocycles. The quantitative estimate of drug-likeness (QED) is 0.862. The Balaban J connectivity index is 2.13. The molecule has 3 rings (SSSR count). The van der Waals surface area contributed by atoms with Crippen molar-refractivity contribution in [1.82, 2.24) is 9.97 Å². The van der Waals surface area contributed by atoms with Crippen molar-refractivity contribution in [3.63, 3.8) is 0 Å². The van der Waals surface area contributed by atoms with E-state index >= 15 is 0 Å². The minimum Gasteiger partial charge on any atom is -0.496 e. The van der Waals surface area contributed by atoms with Gasteiger partial charge in [0.05, 0.1) is 7.11 Å². The molecule has 2 aromatic rings. The Bertz CT molecular complexity index is 584. The van der Waals surface area contributed by atoms with Crippen molar-refractivity contribution < 1.29 is 14.2 Å². The molecule has 0 saturated heterocycles. The Morgan fingerprint density at radius 3 is 2.50 bits per heavy atom. The fourth-order valence-corrected chi connectivity index (χ4v) is 1.79. The normalized spacial score (nSPS) is 12.5. The van der Waals surface area contributed by atoms with Gasteiger partial charge < -0.3 is 19.9 Å². The lowest BCUT2D eigenvalue weighted by Crippen LogP contribution is -1.95. The number of benzene rings is 1. The van der Waals surface area contributed by atoms with Gasteiger partial charge in [-0.05, 0) is 6.07 Å². The zero-order valence-corrected chi connectivity index (χ0v) is 9.71. The average Bonchev–Trinajstić information content (AvgIpc) is 2.85. The Hall–Kier alpha value is -2.50. The van der Waals surface area contributed by atoms with E-state index in [1.807, 2.05) is 6.07 Å². The highest BCUT2D eigenvalue weighted by atomic mass is 16.7. The van der Waals surface area contributed by atoms with Gasteiger partial charge in [0.15, 0.2) is 11.5 Å². The molecule has 2 heterocycles. The highest BCUT2D eigenvalue weighted by Gasteiger charge is 2.18. The first kappa shape index (κ1) is 10.6. The molecule has 0 spiro atoms. The van der Waals surface area contributed by atoms with Gasteiger partial charge >= 0.3 is 0 Å². The Morgan fingerprint density at radius 2 is 1.83 bits per heavy atom. The maximum absolute atomic E-state index is 5.47. The molecule has 0 amide bonds. The minimum atomic E-state index is 0.222. The van der Waals surface area contributed by atoms with Crippen LogP contribution in [0.3, 0.4) is 0 Å². The molecule has 2 N–H and O–H groups in total. The first-order valence-corrected chi connectivity index (χ1v) is 5.33. The van der Waals surface area contributed by atoms with Crippen molar-refractivity contribution in [2.45, 2.75) is 0 Å². The fourth-order valence-electron chi connectivity index (χ4n) is 1.79. The van der Waals surface area contributed by atoms with Crippen molar-refractivity contribution >= 4 is 5.95 Å². The number of fused-ring (bicyclic) bond motifs is 1. The second-order valence-corrected chi connectivity index (χ2v) is 3.74. The van der Waals surface area contributed by atoms with E-state index in [2.05, 4.69) is 9.97 Å². The molecule has 18 heavy (non-hydrogen) atoms. The molecule has 0 bridgehead atoms. The molecule has 6 nitrogen and oxygen atoms in total. The summed E-state index contributed by atoms with van der Waals surface area (Å²) in [6.07, 6.45) is 3.28. The lowest BCUT2D eigenvalue weighted by atomic mass is 10.1. The summed E-state index contributed by atoms with van der Waals surface area (Å²) in [5.74, 6) is 2.26. The highest BCUT2D eigenvalue weighted by molar-refractivity contribution is 5.73. The molecule has 1 aromatic heterocycles. The van der Waals surface area contributed by atoms with Gasteiger partial charge in [-0.2, -0.15) is 0 Å². The van der Waals surface area contributed by atoms with Gasteiger partial charge in [-0.25, -0.2) is 9.97 Å². The van der Waals surface area contributed by atoms with Crippen LogP contribution in [0.25, 0.3) is 11.1 Å². The molecule has 0 fully saturated rings. The summed E-state index contributed by atoms with van der Waals surface area (Å²) >= 11 is 0. The predicted molar refractivity (Wildman–Crippen MR) is 64.6 cm³/mol. The van der Waals surface area contributed by atoms with E-state index in [9.17, 15) is 0 Å². The standard InChI is InChI=1S/C12H11N3O3/c1-16-9-3-11-10(17-6-18-11)2-8(9)7-4-14-12(13)15-5-7/h2-5H,6H2,1H3,(H2,13,14,15). The van der Waals surface area contributed by atoms with Crippen molar-refractivity contribution in [3.05, 3.63) is 24.5 Å². The summed E-state index contributed by atoms with van der Waals surface area (Å²) in [5, 5.41) is 0. The number of methoxy groups -OCH3 is 1. The Labute approximate surface area is 103 Å². The van der Waals surface area contributed by atoms with Gasteiger partial charge in [-0.1, -0.05) is 0 Å². The van der Waals surface area contributed by atoms with Crippen LogP contribution in [0.1, 0.15) is 0 Å². The number of aromatic nitrogens is 2. The van der Waals surface area contributed by atoms with Crippen molar-refractivity contribution in [2.75, 3.05) is 19.6 Å².